The Balaban J connectivity index is 1.34. The lowest BCUT2D eigenvalue weighted by Gasteiger charge is -2.57. The molecule has 1 aliphatic heterocycles. The highest BCUT2D eigenvalue weighted by Crippen LogP contribution is 2.61. The highest BCUT2D eigenvalue weighted by molar-refractivity contribution is 5.01. The summed E-state index contributed by atoms with van der Waals surface area (Å²) in [6, 6.07) is 0.852. The molecule has 0 aromatic rings. The van der Waals surface area contributed by atoms with Crippen LogP contribution in [0.3, 0.4) is 0 Å². The number of hydrogen-bond donors (Lipinski definition) is 1. The molecule has 1 heterocycles. The summed E-state index contributed by atoms with van der Waals surface area (Å²) in [6.45, 7) is 3.82. The van der Waals surface area contributed by atoms with Crippen molar-refractivity contribution < 1.29 is 0 Å². The van der Waals surface area contributed by atoms with E-state index < -0.39 is 0 Å². The minimum atomic E-state index is 0.774. The van der Waals surface area contributed by atoms with Crippen LogP contribution in [0, 0.1) is 23.2 Å². The molecule has 5 aliphatic rings. The molecule has 0 radical (unpaired) electrons. The van der Waals surface area contributed by atoms with Gasteiger partial charge in [-0.25, -0.2) is 0 Å². The molecule has 114 valence electrons. The van der Waals surface area contributed by atoms with Gasteiger partial charge in [-0.2, -0.15) is 0 Å². The van der Waals surface area contributed by atoms with Crippen LogP contribution in [0.5, 0.6) is 0 Å². The van der Waals surface area contributed by atoms with Crippen LogP contribution >= 0.6 is 0 Å². The molecule has 4 aliphatic carbocycles. The van der Waals surface area contributed by atoms with E-state index in [4.69, 9.17) is 0 Å². The van der Waals surface area contributed by atoms with E-state index in [9.17, 15) is 0 Å². The van der Waals surface area contributed by atoms with Gasteiger partial charge in [-0.3, -0.25) is 0 Å². The van der Waals surface area contributed by atoms with E-state index in [1.165, 1.54) is 38.9 Å². The van der Waals surface area contributed by atoms with E-state index in [0.29, 0.717) is 0 Å². The maximum absolute atomic E-state index is 3.49. The molecule has 0 atom stereocenters. The van der Waals surface area contributed by atoms with E-state index in [0.717, 1.165) is 29.2 Å². The van der Waals surface area contributed by atoms with E-state index in [1.54, 1.807) is 38.5 Å². The van der Waals surface area contributed by atoms with Crippen molar-refractivity contribution in [1.29, 1.82) is 0 Å². The summed E-state index contributed by atoms with van der Waals surface area (Å²) < 4.78 is 0. The van der Waals surface area contributed by atoms with Gasteiger partial charge in [0, 0.05) is 6.04 Å². The first-order chi connectivity index (χ1) is 9.72. The fourth-order valence-corrected chi connectivity index (χ4v) is 6.44. The van der Waals surface area contributed by atoms with E-state index in [-0.39, 0.29) is 0 Å². The van der Waals surface area contributed by atoms with Crippen molar-refractivity contribution in [2.45, 2.75) is 63.8 Å². The smallest absolute Gasteiger partial charge is 0.0116 e. The van der Waals surface area contributed by atoms with Crippen molar-refractivity contribution in [2.24, 2.45) is 23.2 Å². The zero-order valence-corrected chi connectivity index (χ0v) is 13.2. The summed E-state index contributed by atoms with van der Waals surface area (Å²) in [4.78, 5) is 2.69. The Hall–Kier alpha value is -0.0800. The van der Waals surface area contributed by atoms with Crippen LogP contribution in [-0.2, 0) is 0 Å². The monoisotopic (exact) mass is 276 g/mol. The van der Waals surface area contributed by atoms with E-state index in [2.05, 4.69) is 17.3 Å². The zero-order valence-electron chi connectivity index (χ0n) is 13.2. The Bertz CT molecular complexity index is 310. The van der Waals surface area contributed by atoms with Crippen molar-refractivity contribution in [1.82, 2.24) is 10.2 Å². The van der Waals surface area contributed by atoms with Crippen molar-refractivity contribution in [3.63, 3.8) is 0 Å². The molecular weight excluding hydrogens is 244 g/mol. The molecular formula is C18H32N2. The maximum Gasteiger partial charge on any atom is 0.0116 e. The molecule has 0 unspecified atom stereocenters. The molecule has 0 spiro atoms. The van der Waals surface area contributed by atoms with Gasteiger partial charge in [-0.15, -0.1) is 0 Å². The summed E-state index contributed by atoms with van der Waals surface area (Å²) in [5.41, 5.74) is 0.774. The molecule has 2 heteroatoms. The third-order valence-electron chi connectivity index (χ3n) is 7.09. The van der Waals surface area contributed by atoms with Gasteiger partial charge in [0.25, 0.3) is 0 Å². The molecule has 4 bridgehead atoms. The first-order valence-electron chi connectivity index (χ1n) is 9.13. The fraction of sp³-hybridized carbons (Fsp3) is 1.00. The molecule has 5 rings (SSSR count). The summed E-state index contributed by atoms with van der Waals surface area (Å²) in [5.74, 6) is 3.35. The molecule has 0 aromatic carbocycles. The van der Waals surface area contributed by atoms with Crippen LogP contribution in [0.2, 0.25) is 0 Å². The first kappa shape index (κ1) is 13.6. The molecule has 0 amide bonds. The summed E-state index contributed by atoms with van der Waals surface area (Å²) in [6.07, 6.45) is 13.7. The molecule has 0 aromatic heterocycles. The van der Waals surface area contributed by atoms with Gasteiger partial charge in [0.2, 0.25) is 0 Å². The van der Waals surface area contributed by atoms with Crippen molar-refractivity contribution in [3.05, 3.63) is 0 Å². The van der Waals surface area contributed by atoms with Gasteiger partial charge < -0.3 is 10.2 Å². The molecule has 2 nitrogen and oxygen atoms in total. The van der Waals surface area contributed by atoms with Crippen LogP contribution in [0.4, 0.5) is 0 Å². The van der Waals surface area contributed by atoms with Gasteiger partial charge in [0.05, 0.1) is 0 Å². The minimum Gasteiger partial charge on any atom is -0.317 e. The normalized spacial score (nSPS) is 44.4. The summed E-state index contributed by atoms with van der Waals surface area (Å²) in [5, 5.41) is 3.49. The molecule has 5 fully saturated rings. The lowest BCUT2D eigenvalue weighted by Crippen LogP contribution is -2.48. The highest BCUT2D eigenvalue weighted by Gasteiger charge is 2.50. The Morgan fingerprint density at radius 1 is 0.950 bits per heavy atom. The number of hydrogen-bond acceptors (Lipinski definition) is 2. The third-order valence-corrected chi connectivity index (χ3v) is 7.09. The SMILES string of the molecule is CN(CCC12CC3CC(CC(C3)C1)C2)C1CCNCC1. The molecule has 4 saturated carbocycles. The predicted molar refractivity (Wildman–Crippen MR) is 83.7 cm³/mol. The van der Waals surface area contributed by atoms with Crippen LogP contribution in [0.1, 0.15) is 57.8 Å². The Kier molecular flexibility index (Phi) is 3.58. The first-order valence-corrected chi connectivity index (χ1v) is 9.13. The van der Waals surface area contributed by atoms with Crippen LogP contribution < -0.4 is 5.32 Å². The minimum absolute atomic E-state index is 0.774. The molecule has 1 saturated heterocycles. The van der Waals surface area contributed by atoms with Gasteiger partial charge in [-0.1, -0.05) is 0 Å². The Morgan fingerprint density at radius 2 is 1.50 bits per heavy atom. The number of nitrogens with zero attached hydrogens (tertiary/aromatic N) is 1. The largest absolute Gasteiger partial charge is 0.317 e. The molecule has 1 N–H and O–H groups in total. The summed E-state index contributed by atoms with van der Waals surface area (Å²) in [7, 11) is 2.39. The van der Waals surface area contributed by atoms with Crippen LogP contribution in [0.15, 0.2) is 0 Å². The van der Waals surface area contributed by atoms with Crippen LogP contribution in [0.25, 0.3) is 0 Å². The van der Waals surface area contributed by atoms with Crippen molar-refractivity contribution in [2.75, 3.05) is 26.7 Å². The van der Waals surface area contributed by atoms with Gasteiger partial charge in [0.1, 0.15) is 0 Å². The van der Waals surface area contributed by atoms with Gasteiger partial charge in [-0.05, 0) is 108 Å². The second kappa shape index (κ2) is 5.28. The maximum atomic E-state index is 3.49. The highest BCUT2D eigenvalue weighted by atomic mass is 15.1. The van der Waals surface area contributed by atoms with Crippen molar-refractivity contribution >= 4 is 0 Å². The second-order valence-corrected chi connectivity index (χ2v) is 8.63. The lowest BCUT2D eigenvalue weighted by atomic mass is 9.49. The topological polar surface area (TPSA) is 15.3 Å². The van der Waals surface area contributed by atoms with Gasteiger partial charge >= 0.3 is 0 Å². The summed E-state index contributed by atoms with van der Waals surface area (Å²) >= 11 is 0. The number of piperidine rings is 1. The number of rotatable bonds is 4. The zero-order chi connectivity index (χ0) is 13.6. The average Bonchev–Trinajstić information content (AvgIpc) is 2.44. The second-order valence-electron chi connectivity index (χ2n) is 8.63. The Morgan fingerprint density at radius 3 is 2.05 bits per heavy atom. The average molecular weight is 276 g/mol. The quantitative estimate of drug-likeness (QED) is 0.848. The molecule has 20 heavy (non-hydrogen) atoms. The lowest BCUT2D eigenvalue weighted by molar-refractivity contribution is -0.0617. The standard InChI is InChI=1S/C18H32N2/c1-20(17-2-5-19-6-3-17)7-4-18-11-14-8-15(12-18)10-16(9-14)13-18/h14-17,19H,2-13H2,1H3. The Labute approximate surface area is 124 Å². The van der Waals surface area contributed by atoms with Gasteiger partial charge in [0.15, 0.2) is 0 Å². The van der Waals surface area contributed by atoms with E-state index >= 15 is 0 Å². The predicted octanol–water partition coefficient (Wildman–Crippen LogP) is 3.28. The third kappa shape index (κ3) is 2.54. The van der Waals surface area contributed by atoms with E-state index in [1.807, 2.05) is 0 Å². The number of nitrogens with one attached hydrogen (secondary N) is 1. The van der Waals surface area contributed by atoms with Crippen LogP contribution in [-0.4, -0.2) is 37.6 Å². The van der Waals surface area contributed by atoms with Crippen molar-refractivity contribution in [3.8, 4) is 0 Å². The fourth-order valence-electron chi connectivity index (χ4n) is 6.44.